The van der Waals surface area contributed by atoms with Gasteiger partial charge in [0.1, 0.15) is 5.75 Å². The number of allylic oxidation sites excluding steroid dienone is 3. The Balaban J connectivity index is 1.81. The van der Waals surface area contributed by atoms with E-state index in [9.17, 15) is 14.7 Å². The van der Waals surface area contributed by atoms with Crippen molar-refractivity contribution in [1.82, 2.24) is 4.90 Å². The normalized spacial score (nSPS) is 23.2. The van der Waals surface area contributed by atoms with Crippen molar-refractivity contribution in [3.8, 4) is 5.75 Å². The number of aromatic hydroxyl groups is 1. The first-order valence-corrected chi connectivity index (χ1v) is 11.7. The Morgan fingerprint density at radius 1 is 1.21 bits per heavy atom. The minimum absolute atomic E-state index is 0.0703. The molecule has 0 radical (unpaired) electrons. The monoisotopic (exact) mass is 454 g/mol. The molecule has 1 aromatic rings. The van der Waals surface area contributed by atoms with E-state index in [0.29, 0.717) is 35.4 Å². The summed E-state index contributed by atoms with van der Waals surface area (Å²) in [6.45, 7) is 4.75. The second kappa shape index (κ2) is 12.2. The van der Waals surface area contributed by atoms with E-state index in [0.717, 1.165) is 38.6 Å². The van der Waals surface area contributed by atoms with Gasteiger partial charge in [-0.1, -0.05) is 23.4 Å². The summed E-state index contributed by atoms with van der Waals surface area (Å²) in [5.41, 5.74) is 2.23. The topological polar surface area (TPSA) is 88.4 Å². The Bertz CT molecular complexity index is 935. The maximum absolute atomic E-state index is 12.8. The summed E-state index contributed by atoms with van der Waals surface area (Å²) < 4.78 is 5.45. The minimum Gasteiger partial charge on any atom is -0.508 e. The molecule has 2 aliphatic heterocycles. The molecule has 1 fully saturated rings. The zero-order valence-electron chi connectivity index (χ0n) is 19.6. The molecule has 3 rings (SSSR count). The number of amides is 1. The molecular formula is C26H34N2O5. The van der Waals surface area contributed by atoms with E-state index >= 15 is 0 Å². The predicted octanol–water partition coefficient (Wildman–Crippen LogP) is 4.47. The summed E-state index contributed by atoms with van der Waals surface area (Å²) in [6, 6.07) is 3.32. The highest BCUT2D eigenvalue weighted by molar-refractivity contribution is 6.00. The smallest absolute Gasteiger partial charge is 0.338 e. The lowest BCUT2D eigenvalue weighted by molar-refractivity contribution is -0.139. The molecule has 7 heteroatoms. The van der Waals surface area contributed by atoms with Gasteiger partial charge in [0.25, 0.3) is 5.91 Å². The lowest BCUT2D eigenvalue weighted by Crippen LogP contribution is -2.43. The number of piperidine rings is 1. The number of rotatable bonds is 3. The molecule has 1 saturated heterocycles. The number of phenolic OH excluding ortho intramolecular Hbond substituents is 1. The number of fused-ring (bicyclic) bond motifs is 1. The third-order valence-electron chi connectivity index (χ3n) is 5.97. The predicted molar refractivity (Wildman–Crippen MR) is 127 cm³/mol. The SMILES string of the molecule is Cc1cc(O)cc2c1C(=O)OCC/C=C/CC/C=C/C(=N/OCC(=O)N1CCCCC1C)C2. The zero-order chi connectivity index (χ0) is 23.6. The van der Waals surface area contributed by atoms with Crippen molar-refractivity contribution < 1.29 is 24.3 Å². The average molecular weight is 455 g/mol. The van der Waals surface area contributed by atoms with E-state index in [1.54, 1.807) is 19.1 Å². The van der Waals surface area contributed by atoms with E-state index < -0.39 is 5.97 Å². The first-order valence-electron chi connectivity index (χ1n) is 11.7. The van der Waals surface area contributed by atoms with Crippen molar-refractivity contribution in [2.75, 3.05) is 19.8 Å². The van der Waals surface area contributed by atoms with Gasteiger partial charge >= 0.3 is 5.97 Å². The van der Waals surface area contributed by atoms with Gasteiger partial charge in [-0.2, -0.15) is 0 Å². The largest absolute Gasteiger partial charge is 0.508 e. The lowest BCUT2D eigenvalue weighted by atomic mass is 9.96. The summed E-state index contributed by atoms with van der Waals surface area (Å²) in [5.74, 6) is -0.424. The Morgan fingerprint density at radius 2 is 2.00 bits per heavy atom. The molecule has 1 aromatic carbocycles. The van der Waals surface area contributed by atoms with Gasteiger partial charge in [-0.3, -0.25) is 4.79 Å². The van der Waals surface area contributed by atoms with Crippen LogP contribution in [0.1, 0.15) is 66.9 Å². The number of cyclic esters (lactones) is 1. The quantitative estimate of drug-likeness (QED) is 0.414. The number of esters is 1. The fourth-order valence-electron chi connectivity index (χ4n) is 4.25. The van der Waals surface area contributed by atoms with Crippen molar-refractivity contribution in [1.29, 1.82) is 0 Å². The van der Waals surface area contributed by atoms with Crippen LogP contribution in [0.3, 0.4) is 0 Å². The van der Waals surface area contributed by atoms with E-state index in [-0.39, 0.29) is 30.7 Å². The highest BCUT2D eigenvalue weighted by atomic mass is 16.6. The molecule has 0 aliphatic carbocycles. The van der Waals surface area contributed by atoms with Crippen LogP contribution in [0.25, 0.3) is 0 Å². The van der Waals surface area contributed by atoms with Crippen molar-refractivity contribution in [3.63, 3.8) is 0 Å². The first-order chi connectivity index (χ1) is 16.0. The number of carbonyl (C=O) groups excluding carboxylic acids is 2. The molecule has 2 heterocycles. The Kier molecular flexibility index (Phi) is 9.10. The van der Waals surface area contributed by atoms with Crippen molar-refractivity contribution in [3.05, 3.63) is 53.1 Å². The zero-order valence-corrected chi connectivity index (χ0v) is 19.6. The molecule has 0 aromatic heterocycles. The number of aryl methyl sites for hydroxylation is 1. The maximum atomic E-state index is 12.8. The van der Waals surface area contributed by atoms with Crippen LogP contribution >= 0.6 is 0 Å². The molecule has 178 valence electrons. The van der Waals surface area contributed by atoms with Gasteiger partial charge in [0.05, 0.1) is 17.9 Å². The average Bonchev–Trinajstić information content (AvgIpc) is 2.77. The lowest BCUT2D eigenvalue weighted by Gasteiger charge is -2.32. The number of nitrogens with zero attached hydrogens (tertiary/aromatic N) is 2. The highest BCUT2D eigenvalue weighted by Crippen LogP contribution is 2.24. The van der Waals surface area contributed by atoms with Gasteiger partial charge in [-0.25, -0.2) is 4.79 Å². The van der Waals surface area contributed by atoms with Gasteiger partial charge in [0, 0.05) is 19.0 Å². The standard InChI is InChI=1S/C26H34N2O5/c1-19-15-23(29)17-21-16-22(27-33-18-24(30)28-13-9-8-11-20(28)2)12-7-5-3-4-6-10-14-32-26(31)25(19)21/h4,6-7,12,15,17,20,29H,3,5,8-11,13-14,16,18H2,1-2H3/b6-4+,12-7+,27-22-. The molecule has 0 bridgehead atoms. The number of ether oxygens (including phenoxy) is 1. The number of benzene rings is 1. The molecular weight excluding hydrogens is 420 g/mol. The van der Waals surface area contributed by atoms with Crippen molar-refractivity contribution in [2.24, 2.45) is 5.16 Å². The second-order valence-electron chi connectivity index (χ2n) is 8.64. The van der Waals surface area contributed by atoms with Crippen molar-refractivity contribution in [2.45, 2.75) is 64.8 Å². The fraction of sp³-hybridized carbons (Fsp3) is 0.500. The molecule has 1 unspecified atom stereocenters. The third-order valence-corrected chi connectivity index (χ3v) is 5.97. The Hall–Kier alpha value is -3.09. The van der Waals surface area contributed by atoms with Crippen molar-refractivity contribution >= 4 is 17.6 Å². The van der Waals surface area contributed by atoms with Crippen LogP contribution in [0.2, 0.25) is 0 Å². The molecule has 0 saturated carbocycles. The molecule has 33 heavy (non-hydrogen) atoms. The summed E-state index contributed by atoms with van der Waals surface area (Å²) in [5, 5.41) is 14.4. The van der Waals surface area contributed by atoms with E-state index in [1.165, 1.54) is 0 Å². The van der Waals surface area contributed by atoms with E-state index in [1.807, 2.05) is 23.1 Å². The van der Waals surface area contributed by atoms with Crippen LogP contribution in [0, 0.1) is 6.92 Å². The van der Waals surface area contributed by atoms with Gasteiger partial charge in [-0.05, 0) is 81.7 Å². The number of oxime groups is 1. The minimum atomic E-state index is -0.425. The van der Waals surface area contributed by atoms with Crippen LogP contribution < -0.4 is 0 Å². The van der Waals surface area contributed by atoms with Gasteiger partial charge in [0.2, 0.25) is 0 Å². The fourth-order valence-corrected chi connectivity index (χ4v) is 4.25. The second-order valence-corrected chi connectivity index (χ2v) is 8.64. The Morgan fingerprint density at radius 3 is 2.82 bits per heavy atom. The molecule has 1 amide bonds. The molecule has 2 aliphatic rings. The summed E-state index contributed by atoms with van der Waals surface area (Å²) >= 11 is 0. The van der Waals surface area contributed by atoms with Crippen LogP contribution in [0.4, 0.5) is 0 Å². The van der Waals surface area contributed by atoms with Crippen LogP contribution in [-0.2, 0) is 20.8 Å². The molecule has 1 N–H and O–H groups in total. The van der Waals surface area contributed by atoms with E-state index in [4.69, 9.17) is 9.57 Å². The van der Waals surface area contributed by atoms with Crippen LogP contribution in [0.5, 0.6) is 5.75 Å². The summed E-state index contributed by atoms with van der Waals surface area (Å²) in [4.78, 5) is 32.6. The summed E-state index contributed by atoms with van der Waals surface area (Å²) in [7, 11) is 0. The Labute approximate surface area is 195 Å². The van der Waals surface area contributed by atoms with Gasteiger partial charge in [-0.15, -0.1) is 0 Å². The van der Waals surface area contributed by atoms with Gasteiger partial charge in [0.15, 0.2) is 6.61 Å². The van der Waals surface area contributed by atoms with Crippen LogP contribution in [-0.4, -0.2) is 53.4 Å². The molecule has 7 nitrogen and oxygen atoms in total. The molecule has 0 spiro atoms. The number of likely N-dealkylation sites (tertiary alicyclic amines) is 1. The van der Waals surface area contributed by atoms with E-state index in [2.05, 4.69) is 18.2 Å². The number of hydrogen-bond donors (Lipinski definition) is 1. The highest BCUT2D eigenvalue weighted by Gasteiger charge is 2.23. The number of phenols is 1. The van der Waals surface area contributed by atoms with Crippen LogP contribution in [0.15, 0.2) is 41.6 Å². The summed E-state index contributed by atoms with van der Waals surface area (Å²) in [6.07, 6.45) is 13.7. The third kappa shape index (κ3) is 7.20. The van der Waals surface area contributed by atoms with Gasteiger partial charge < -0.3 is 19.6 Å². The molecule has 1 atom stereocenters. The number of carbonyl (C=O) groups is 2. The first kappa shape index (κ1) is 24.6. The number of hydrogen-bond acceptors (Lipinski definition) is 6. The maximum Gasteiger partial charge on any atom is 0.338 e.